The van der Waals surface area contributed by atoms with E-state index in [0.717, 1.165) is 22.4 Å². The van der Waals surface area contributed by atoms with Crippen molar-refractivity contribution in [2.24, 2.45) is 0 Å². The van der Waals surface area contributed by atoms with Crippen molar-refractivity contribution >= 4 is 28.7 Å². The lowest BCUT2D eigenvalue weighted by molar-refractivity contribution is 0.343. The summed E-state index contributed by atoms with van der Waals surface area (Å²) in [6, 6.07) is 24.9. The molecular formula is C32H26N6O3. The number of ether oxygens (including phenoxy) is 3. The minimum atomic E-state index is 0.288. The van der Waals surface area contributed by atoms with Gasteiger partial charge in [0.25, 0.3) is 0 Å². The van der Waals surface area contributed by atoms with Crippen molar-refractivity contribution in [3.8, 4) is 35.3 Å². The maximum Gasteiger partial charge on any atom is 0.249 e. The number of aromatic nitrogens is 3. The highest BCUT2D eigenvalue weighted by molar-refractivity contribution is 5.86. The van der Waals surface area contributed by atoms with Crippen LogP contribution in [-0.2, 0) is 6.54 Å². The third-order valence-corrected chi connectivity index (χ3v) is 6.36. The van der Waals surface area contributed by atoms with Crippen LogP contribution in [-0.4, -0.2) is 28.8 Å². The van der Waals surface area contributed by atoms with Gasteiger partial charge in [-0.15, -0.1) is 0 Å². The molecule has 0 aliphatic carbocycles. The lowest BCUT2D eigenvalue weighted by Gasteiger charge is -2.16. The van der Waals surface area contributed by atoms with Crippen LogP contribution in [0.25, 0.3) is 17.1 Å². The molecule has 0 bridgehead atoms. The third-order valence-electron chi connectivity index (χ3n) is 6.36. The van der Waals surface area contributed by atoms with Crippen molar-refractivity contribution in [3.05, 3.63) is 101 Å². The highest BCUT2D eigenvalue weighted by Gasteiger charge is 2.22. The SMILES string of the molecule is COc1cc(C#N)cc(OC)c1Oc1nc(Nc2ccc(/C=C/C#N)cc2)nc2c(C)cn(Cc3ccccc3)c12. The monoisotopic (exact) mass is 542 g/mol. The highest BCUT2D eigenvalue weighted by Crippen LogP contribution is 2.43. The summed E-state index contributed by atoms with van der Waals surface area (Å²) < 4.78 is 19.6. The van der Waals surface area contributed by atoms with E-state index in [-0.39, 0.29) is 5.88 Å². The number of rotatable bonds is 9. The molecule has 202 valence electrons. The predicted octanol–water partition coefficient (Wildman–Crippen LogP) is 6.75. The second-order valence-electron chi connectivity index (χ2n) is 9.11. The van der Waals surface area contributed by atoms with Gasteiger partial charge in [0.1, 0.15) is 11.0 Å². The van der Waals surface area contributed by atoms with E-state index < -0.39 is 0 Å². The molecule has 9 nitrogen and oxygen atoms in total. The number of anilines is 2. The van der Waals surface area contributed by atoms with E-state index >= 15 is 0 Å². The second-order valence-corrected chi connectivity index (χ2v) is 9.11. The Hall–Kier alpha value is -5.80. The molecular weight excluding hydrogens is 516 g/mol. The summed E-state index contributed by atoms with van der Waals surface area (Å²) >= 11 is 0. The van der Waals surface area contributed by atoms with Crippen molar-refractivity contribution in [2.75, 3.05) is 19.5 Å². The molecule has 3 aromatic carbocycles. The van der Waals surface area contributed by atoms with Gasteiger partial charge in [-0.2, -0.15) is 15.5 Å². The number of aryl methyl sites for hydroxylation is 1. The summed E-state index contributed by atoms with van der Waals surface area (Å²) in [6.45, 7) is 2.57. The Kier molecular flexibility index (Phi) is 7.80. The second kappa shape index (κ2) is 11.9. The fraction of sp³-hybridized carbons (Fsp3) is 0.125. The van der Waals surface area contributed by atoms with Gasteiger partial charge in [-0.3, -0.25) is 0 Å². The summed E-state index contributed by atoms with van der Waals surface area (Å²) in [5.74, 6) is 1.58. The van der Waals surface area contributed by atoms with E-state index in [1.165, 1.54) is 20.3 Å². The topological polar surface area (TPSA) is 118 Å². The maximum absolute atomic E-state index is 9.46. The minimum absolute atomic E-state index is 0.288. The standard InChI is InChI=1S/C32H26N6O3/c1-21-19-38(20-23-8-5-4-6-9-23)29-28(21)36-32(35-25-13-11-22(12-14-25)10-7-15-33)37-31(29)41-30-26(39-2)16-24(18-34)17-27(30)40-3/h4-14,16-17,19H,20H2,1-3H3,(H,35,36,37)/b10-7+. The molecule has 2 heterocycles. The fourth-order valence-corrected chi connectivity index (χ4v) is 4.44. The number of nitrogens with one attached hydrogen (secondary N) is 1. The fourth-order valence-electron chi connectivity index (χ4n) is 4.44. The Morgan fingerprint density at radius 3 is 2.29 bits per heavy atom. The van der Waals surface area contributed by atoms with E-state index in [0.29, 0.717) is 46.3 Å². The molecule has 0 saturated heterocycles. The molecule has 1 N–H and O–H groups in total. The van der Waals surface area contributed by atoms with Crippen molar-refractivity contribution in [2.45, 2.75) is 13.5 Å². The summed E-state index contributed by atoms with van der Waals surface area (Å²) in [5.41, 5.74) is 5.50. The van der Waals surface area contributed by atoms with Gasteiger partial charge in [-0.05, 0) is 41.8 Å². The molecule has 9 heteroatoms. The largest absolute Gasteiger partial charge is 0.493 e. The van der Waals surface area contributed by atoms with E-state index in [1.807, 2.05) is 61.7 Å². The summed E-state index contributed by atoms with van der Waals surface area (Å²) in [6.07, 6.45) is 5.18. The van der Waals surface area contributed by atoms with E-state index in [4.69, 9.17) is 29.4 Å². The first kappa shape index (κ1) is 26.8. The molecule has 0 radical (unpaired) electrons. The summed E-state index contributed by atoms with van der Waals surface area (Å²) in [7, 11) is 3.01. The van der Waals surface area contributed by atoms with Gasteiger partial charge in [-0.1, -0.05) is 42.5 Å². The quantitative estimate of drug-likeness (QED) is 0.203. The smallest absolute Gasteiger partial charge is 0.249 e. The van der Waals surface area contributed by atoms with Crippen LogP contribution in [0.15, 0.2) is 79.0 Å². The van der Waals surface area contributed by atoms with Crippen molar-refractivity contribution in [1.82, 2.24) is 14.5 Å². The molecule has 0 saturated carbocycles. The van der Waals surface area contributed by atoms with Crippen LogP contribution in [0.4, 0.5) is 11.6 Å². The molecule has 5 rings (SSSR count). The number of benzene rings is 3. The lowest BCUT2D eigenvalue weighted by atomic mass is 10.2. The van der Waals surface area contributed by atoms with Crippen LogP contribution >= 0.6 is 0 Å². The normalized spacial score (nSPS) is 10.8. The molecule has 0 aliphatic rings. The average molecular weight is 543 g/mol. The maximum atomic E-state index is 9.46. The number of nitrogens with zero attached hydrogens (tertiary/aromatic N) is 5. The van der Waals surface area contributed by atoms with E-state index in [2.05, 4.69) is 28.1 Å². The molecule has 0 fully saturated rings. The molecule has 0 spiro atoms. The zero-order valence-corrected chi connectivity index (χ0v) is 22.8. The Bertz CT molecular complexity index is 1790. The molecule has 41 heavy (non-hydrogen) atoms. The van der Waals surface area contributed by atoms with Gasteiger partial charge in [0, 0.05) is 36.6 Å². The van der Waals surface area contributed by atoms with Gasteiger partial charge in [0.2, 0.25) is 17.6 Å². The Balaban J connectivity index is 1.63. The van der Waals surface area contributed by atoms with Crippen LogP contribution in [0.5, 0.6) is 23.1 Å². The lowest BCUT2D eigenvalue weighted by Crippen LogP contribution is -2.05. The Labute approximate surface area is 237 Å². The summed E-state index contributed by atoms with van der Waals surface area (Å²) in [5, 5.41) is 21.5. The Morgan fingerprint density at radius 2 is 1.66 bits per heavy atom. The average Bonchev–Trinajstić information content (AvgIpc) is 3.31. The first-order chi connectivity index (χ1) is 20.0. The van der Waals surface area contributed by atoms with E-state index in [1.54, 1.807) is 18.2 Å². The van der Waals surface area contributed by atoms with E-state index in [9.17, 15) is 5.26 Å². The molecule has 5 aromatic rings. The van der Waals surface area contributed by atoms with Crippen LogP contribution in [0, 0.1) is 29.6 Å². The number of hydrogen-bond donors (Lipinski definition) is 1. The predicted molar refractivity (Wildman–Crippen MR) is 157 cm³/mol. The van der Waals surface area contributed by atoms with Crippen LogP contribution in [0.3, 0.4) is 0 Å². The zero-order chi connectivity index (χ0) is 28.8. The highest BCUT2D eigenvalue weighted by atomic mass is 16.5. The molecule has 0 aliphatic heterocycles. The number of fused-ring (bicyclic) bond motifs is 1. The van der Waals surface area contributed by atoms with Gasteiger partial charge < -0.3 is 24.1 Å². The molecule has 0 atom stereocenters. The van der Waals surface area contributed by atoms with Gasteiger partial charge in [-0.25, -0.2) is 4.98 Å². The third kappa shape index (κ3) is 5.80. The first-order valence-corrected chi connectivity index (χ1v) is 12.7. The number of nitriles is 2. The number of allylic oxidation sites excluding steroid dienone is 1. The van der Waals surface area contributed by atoms with Crippen molar-refractivity contribution in [1.29, 1.82) is 10.5 Å². The number of methoxy groups -OCH3 is 2. The van der Waals surface area contributed by atoms with Crippen LogP contribution in [0.2, 0.25) is 0 Å². The molecule has 0 unspecified atom stereocenters. The van der Waals surface area contributed by atoms with Crippen LogP contribution in [0.1, 0.15) is 22.3 Å². The zero-order valence-electron chi connectivity index (χ0n) is 22.8. The van der Waals surface area contributed by atoms with Gasteiger partial charge in [0.05, 0.1) is 31.9 Å². The molecule has 2 aromatic heterocycles. The van der Waals surface area contributed by atoms with Crippen molar-refractivity contribution < 1.29 is 14.2 Å². The van der Waals surface area contributed by atoms with Gasteiger partial charge >= 0.3 is 0 Å². The number of hydrogen-bond acceptors (Lipinski definition) is 8. The summed E-state index contributed by atoms with van der Waals surface area (Å²) in [4.78, 5) is 9.61. The minimum Gasteiger partial charge on any atom is -0.493 e. The van der Waals surface area contributed by atoms with Gasteiger partial charge in [0.15, 0.2) is 11.5 Å². The first-order valence-electron chi connectivity index (χ1n) is 12.7. The van der Waals surface area contributed by atoms with Crippen LogP contribution < -0.4 is 19.5 Å². The molecule has 0 amide bonds. The Morgan fingerprint density at radius 1 is 0.951 bits per heavy atom. The van der Waals surface area contributed by atoms with Crippen molar-refractivity contribution in [3.63, 3.8) is 0 Å².